The molecule has 5 heteroatoms. The summed E-state index contributed by atoms with van der Waals surface area (Å²) in [5.74, 6) is -0.486. The van der Waals surface area contributed by atoms with Crippen molar-refractivity contribution in [1.29, 1.82) is 0 Å². The number of hydrogen-bond donors (Lipinski definition) is 1. The highest BCUT2D eigenvalue weighted by Gasteiger charge is 2.04. The monoisotopic (exact) mass is 162 g/mol. The van der Waals surface area contributed by atoms with Crippen molar-refractivity contribution in [1.82, 2.24) is 14.6 Å². The number of hydrogen-bond acceptors (Lipinski definition) is 3. The number of fused-ring (bicyclic) bond motifs is 1. The van der Waals surface area contributed by atoms with E-state index < -0.39 is 5.91 Å². The van der Waals surface area contributed by atoms with E-state index in [0.29, 0.717) is 11.3 Å². The molecule has 0 spiro atoms. The van der Waals surface area contributed by atoms with E-state index in [9.17, 15) is 4.79 Å². The van der Waals surface area contributed by atoms with Crippen molar-refractivity contribution in [3.63, 3.8) is 0 Å². The summed E-state index contributed by atoms with van der Waals surface area (Å²) in [6, 6.07) is 5.09. The minimum atomic E-state index is -0.486. The van der Waals surface area contributed by atoms with Crippen LogP contribution < -0.4 is 5.73 Å². The first-order valence-corrected chi connectivity index (χ1v) is 3.37. The Bertz CT molecular complexity index is 434. The molecule has 2 N–H and O–H groups in total. The maximum absolute atomic E-state index is 10.9. The molecule has 1 amide bonds. The molecule has 0 aliphatic heterocycles. The largest absolute Gasteiger partial charge is 0.364 e. The number of nitrogens with zero attached hydrogens (tertiary/aromatic N) is 3. The normalized spacial score (nSPS) is 10.3. The van der Waals surface area contributed by atoms with Crippen molar-refractivity contribution in [2.45, 2.75) is 0 Å². The molecule has 0 radical (unpaired) electrons. The highest BCUT2D eigenvalue weighted by Crippen LogP contribution is 2.02. The van der Waals surface area contributed by atoms with E-state index in [1.165, 1.54) is 6.33 Å². The van der Waals surface area contributed by atoms with Crippen molar-refractivity contribution in [2.24, 2.45) is 5.73 Å². The molecular weight excluding hydrogens is 156 g/mol. The van der Waals surface area contributed by atoms with Gasteiger partial charge in [-0.1, -0.05) is 6.07 Å². The van der Waals surface area contributed by atoms with Crippen LogP contribution in [-0.2, 0) is 0 Å². The van der Waals surface area contributed by atoms with Crippen molar-refractivity contribution in [2.75, 3.05) is 0 Å². The van der Waals surface area contributed by atoms with Crippen LogP contribution in [0.4, 0.5) is 0 Å². The van der Waals surface area contributed by atoms with Crippen molar-refractivity contribution in [3.05, 3.63) is 30.2 Å². The lowest BCUT2D eigenvalue weighted by atomic mass is 10.3. The lowest BCUT2D eigenvalue weighted by Gasteiger charge is -1.97. The van der Waals surface area contributed by atoms with Crippen LogP contribution in [-0.4, -0.2) is 20.5 Å². The molecule has 0 saturated carbocycles. The van der Waals surface area contributed by atoms with E-state index >= 15 is 0 Å². The van der Waals surface area contributed by atoms with Crippen molar-refractivity contribution >= 4 is 11.6 Å². The van der Waals surface area contributed by atoms with Gasteiger partial charge in [-0.05, 0) is 12.1 Å². The third-order valence-electron chi connectivity index (χ3n) is 1.59. The van der Waals surface area contributed by atoms with E-state index in [2.05, 4.69) is 10.2 Å². The van der Waals surface area contributed by atoms with Crippen LogP contribution in [0, 0.1) is 0 Å². The van der Waals surface area contributed by atoms with Gasteiger partial charge in [-0.25, -0.2) is 0 Å². The van der Waals surface area contributed by atoms with Gasteiger partial charge in [-0.3, -0.25) is 9.20 Å². The molecule has 0 aliphatic carbocycles. The van der Waals surface area contributed by atoms with Crippen LogP contribution in [0.15, 0.2) is 24.5 Å². The maximum Gasteiger partial charge on any atom is 0.265 e. The quantitative estimate of drug-likeness (QED) is 0.632. The zero-order valence-corrected chi connectivity index (χ0v) is 6.14. The zero-order valence-electron chi connectivity index (χ0n) is 6.14. The van der Waals surface area contributed by atoms with Crippen LogP contribution in [0.3, 0.4) is 0 Å². The summed E-state index contributed by atoms with van der Waals surface area (Å²) in [6.45, 7) is 0. The Morgan fingerprint density at radius 1 is 1.50 bits per heavy atom. The SMILES string of the molecule is NC(=O)c1cccc2nncn12. The standard InChI is InChI=1S/C7H6N4O/c8-7(12)5-2-1-3-6-10-9-4-11(5)6/h1-4H,(H2,8,12). The van der Waals surface area contributed by atoms with Gasteiger partial charge in [-0.15, -0.1) is 10.2 Å². The molecule has 0 unspecified atom stereocenters. The second-order valence-corrected chi connectivity index (χ2v) is 2.33. The third-order valence-corrected chi connectivity index (χ3v) is 1.59. The second-order valence-electron chi connectivity index (χ2n) is 2.33. The Kier molecular flexibility index (Phi) is 1.30. The molecule has 60 valence electrons. The van der Waals surface area contributed by atoms with Gasteiger partial charge >= 0.3 is 0 Å². The Balaban J connectivity index is 2.82. The predicted molar refractivity (Wildman–Crippen MR) is 41.5 cm³/mol. The van der Waals surface area contributed by atoms with Gasteiger partial charge in [0.2, 0.25) is 0 Å². The van der Waals surface area contributed by atoms with E-state index in [0.717, 1.165) is 0 Å². The fourth-order valence-electron chi connectivity index (χ4n) is 1.05. The minimum Gasteiger partial charge on any atom is -0.364 e. The second kappa shape index (κ2) is 2.30. The van der Waals surface area contributed by atoms with Crippen LogP contribution in [0.2, 0.25) is 0 Å². The number of carbonyl (C=O) groups excluding carboxylic acids is 1. The topological polar surface area (TPSA) is 73.3 Å². The third kappa shape index (κ3) is 0.833. The summed E-state index contributed by atoms with van der Waals surface area (Å²) in [4.78, 5) is 10.9. The van der Waals surface area contributed by atoms with E-state index in [1.807, 2.05) is 0 Å². The number of primary amides is 1. The Labute approximate surface area is 67.8 Å². The molecule has 2 heterocycles. The highest BCUT2D eigenvalue weighted by molar-refractivity contribution is 5.91. The van der Waals surface area contributed by atoms with E-state index in [-0.39, 0.29) is 0 Å². The number of carbonyl (C=O) groups is 1. The molecule has 2 aromatic heterocycles. The molecule has 2 aromatic rings. The zero-order chi connectivity index (χ0) is 8.55. The minimum absolute atomic E-state index is 0.387. The molecule has 0 atom stereocenters. The summed E-state index contributed by atoms with van der Waals surface area (Å²) in [7, 11) is 0. The molecule has 0 fully saturated rings. The molecule has 12 heavy (non-hydrogen) atoms. The summed E-state index contributed by atoms with van der Waals surface area (Å²) in [5, 5.41) is 7.42. The fraction of sp³-hybridized carbons (Fsp3) is 0. The van der Waals surface area contributed by atoms with Crippen molar-refractivity contribution in [3.8, 4) is 0 Å². The van der Waals surface area contributed by atoms with Crippen LogP contribution in [0.1, 0.15) is 10.5 Å². The van der Waals surface area contributed by atoms with Gasteiger partial charge in [0, 0.05) is 0 Å². The Morgan fingerprint density at radius 3 is 3.08 bits per heavy atom. The van der Waals surface area contributed by atoms with Gasteiger partial charge in [0.1, 0.15) is 12.0 Å². The predicted octanol–water partition coefficient (Wildman–Crippen LogP) is -0.172. The first kappa shape index (κ1) is 6.78. The van der Waals surface area contributed by atoms with E-state index in [1.54, 1.807) is 22.6 Å². The summed E-state index contributed by atoms with van der Waals surface area (Å²) >= 11 is 0. The molecule has 2 rings (SSSR count). The lowest BCUT2D eigenvalue weighted by molar-refractivity contribution is 0.0994. The van der Waals surface area contributed by atoms with Crippen LogP contribution >= 0.6 is 0 Å². The molecule has 0 aliphatic rings. The average Bonchev–Trinajstić information content (AvgIpc) is 2.49. The lowest BCUT2D eigenvalue weighted by Crippen LogP contribution is -2.14. The molecule has 5 nitrogen and oxygen atoms in total. The molecule has 0 aromatic carbocycles. The smallest absolute Gasteiger partial charge is 0.265 e. The number of pyridine rings is 1. The number of rotatable bonds is 1. The number of amides is 1. The fourth-order valence-corrected chi connectivity index (χ4v) is 1.05. The molecular formula is C7H6N4O. The summed E-state index contributed by atoms with van der Waals surface area (Å²) in [5.41, 5.74) is 6.13. The van der Waals surface area contributed by atoms with Crippen LogP contribution in [0.5, 0.6) is 0 Å². The molecule has 0 bridgehead atoms. The van der Waals surface area contributed by atoms with Gasteiger partial charge < -0.3 is 5.73 Å². The first-order valence-electron chi connectivity index (χ1n) is 3.37. The van der Waals surface area contributed by atoms with Gasteiger partial charge in [0.05, 0.1) is 0 Å². The van der Waals surface area contributed by atoms with Crippen LogP contribution in [0.25, 0.3) is 5.65 Å². The first-order chi connectivity index (χ1) is 5.79. The average molecular weight is 162 g/mol. The van der Waals surface area contributed by atoms with Gasteiger partial charge in [-0.2, -0.15) is 0 Å². The summed E-state index contributed by atoms with van der Waals surface area (Å²) < 4.78 is 1.54. The Morgan fingerprint density at radius 2 is 2.33 bits per heavy atom. The molecule has 0 saturated heterocycles. The highest BCUT2D eigenvalue weighted by atomic mass is 16.1. The van der Waals surface area contributed by atoms with Gasteiger partial charge in [0.15, 0.2) is 5.65 Å². The number of aromatic nitrogens is 3. The number of nitrogens with two attached hydrogens (primary N) is 1. The maximum atomic E-state index is 10.9. The van der Waals surface area contributed by atoms with Crippen molar-refractivity contribution < 1.29 is 4.79 Å². The van der Waals surface area contributed by atoms with E-state index in [4.69, 9.17) is 5.73 Å². The summed E-state index contributed by atoms with van der Waals surface area (Å²) in [6.07, 6.45) is 1.45. The Hall–Kier alpha value is -1.91. The van der Waals surface area contributed by atoms with Gasteiger partial charge in [0.25, 0.3) is 5.91 Å².